The third kappa shape index (κ3) is 9.24. The zero-order valence-corrected chi connectivity index (χ0v) is 20.2. The van der Waals surface area contributed by atoms with E-state index in [-0.39, 0.29) is 12.3 Å². The van der Waals surface area contributed by atoms with Gasteiger partial charge in [-0.05, 0) is 50.3 Å². The molecule has 0 saturated carbocycles. The van der Waals surface area contributed by atoms with Gasteiger partial charge in [0.05, 0.1) is 12.3 Å². The van der Waals surface area contributed by atoms with E-state index in [0.29, 0.717) is 23.0 Å². The Labute approximate surface area is 195 Å². The Kier molecular flexibility index (Phi) is 11.1. The topological polar surface area (TPSA) is 77.8 Å². The second-order valence-corrected chi connectivity index (χ2v) is 8.26. The average molecular weight is 464 g/mol. The summed E-state index contributed by atoms with van der Waals surface area (Å²) < 4.78 is 38.0. The van der Waals surface area contributed by atoms with Crippen molar-refractivity contribution in [3.05, 3.63) is 60.0 Å². The third-order valence-corrected chi connectivity index (χ3v) is 5.27. The van der Waals surface area contributed by atoms with Gasteiger partial charge < -0.3 is 16.0 Å². The summed E-state index contributed by atoms with van der Waals surface area (Å²) in [6, 6.07) is -0.490. The van der Waals surface area contributed by atoms with Crippen molar-refractivity contribution in [1.29, 1.82) is 5.41 Å². The first kappa shape index (κ1) is 28.1. The van der Waals surface area contributed by atoms with Crippen LogP contribution in [0, 0.1) is 11.3 Å². The molecule has 2 atom stereocenters. The van der Waals surface area contributed by atoms with Crippen molar-refractivity contribution in [3.63, 3.8) is 0 Å². The summed E-state index contributed by atoms with van der Waals surface area (Å²) in [5, 5.41) is 8.65. The second kappa shape index (κ2) is 13.0. The highest BCUT2D eigenvalue weighted by molar-refractivity contribution is 6.17. The maximum absolute atomic E-state index is 12.7. The van der Waals surface area contributed by atoms with Crippen LogP contribution in [0.3, 0.4) is 0 Å². The summed E-state index contributed by atoms with van der Waals surface area (Å²) in [4.78, 5) is 10.4. The quantitative estimate of drug-likeness (QED) is 0.292. The van der Waals surface area contributed by atoms with Gasteiger partial charge >= 0.3 is 6.18 Å². The number of hydrogen-bond donors (Lipinski definition) is 2. The Balaban J connectivity index is 2.89. The van der Waals surface area contributed by atoms with Crippen LogP contribution in [-0.2, 0) is 0 Å². The van der Waals surface area contributed by atoms with Gasteiger partial charge in [-0.1, -0.05) is 45.1 Å². The van der Waals surface area contributed by atoms with Crippen molar-refractivity contribution in [2.45, 2.75) is 59.7 Å². The molecule has 5 nitrogen and oxygen atoms in total. The number of hydrogen-bond acceptors (Lipinski definition) is 5. The molecule has 33 heavy (non-hydrogen) atoms. The van der Waals surface area contributed by atoms with Crippen LogP contribution in [0.1, 0.15) is 47.5 Å². The number of amidine groups is 1. The van der Waals surface area contributed by atoms with Crippen LogP contribution in [0.2, 0.25) is 0 Å². The Morgan fingerprint density at radius 3 is 2.61 bits per heavy atom. The summed E-state index contributed by atoms with van der Waals surface area (Å²) in [5.74, 6) is 0.787. The summed E-state index contributed by atoms with van der Waals surface area (Å²) in [5.41, 5.74) is 7.25. The fraction of sp³-hybridized carbons (Fsp3) is 0.480. The minimum atomic E-state index is -4.36. The van der Waals surface area contributed by atoms with Crippen molar-refractivity contribution in [1.82, 2.24) is 4.90 Å². The summed E-state index contributed by atoms with van der Waals surface area (Å²) in [6.07, 6.45) is 7.61. The Morgan fingerprint density at radius 1 is 1.36 bits per heavy atom. The number of allylic oxidation sites excluding steroid dienone is 4. The number of nitrogens with zero attached hydrogens (tertiary/aromatic N) is 3. The van der Waals surface area contributed by atoms with E-state index >= 15 is 0 Å². The number of rotatable bonds is 11. The first-order valence-corrected chi connectivity index (χ1v) is 11.0. The molecule has 1 aliphatic heterocycles. The Morgan fingerprint density at radius 2 is 2.03 bits per heavy atom. The highest BCUT2D eigenvalue weighted by atomic mass is 19.4. The standard InChI is InChI=1S/C25H36F3N5/c1-7-9-17(3)16-33-13-12-31-24(30)23(33)22(29)18(4)10-11-21(8-2)15-32-20(6)14-19(5)25(26,27)28/h8,10-14,17,23,29H,4,7,9,15-16H2,1-3,5-6H3,(H2,30,31)/b11-10-,19-14+,21-8?,29-22?,32-20?. The van der Waals surface area contributed by atoms with Gasteiger partial charge in [-0.15, -0.1) is 0 Å². The molecule has 182 valence electrons. The zero-order chi connectivity index (χ0) is 25.2. The molecule has 1 heterocycles. The number of alkyl halides is 3. The van der Waals surface area contributed by atoms with Crippen LogP contribution in [-0.4, -0.2) is 47.5 Å². The van der Waals surface area contributed by atoms with Crippen LogP contribution in [0.15, 0.2) is 70.0 Å². The summed E-state index contributed by atoms with van der Waals surface area (Å²) >= 11 is 0. The van der Waals surface area contributed by atoms with Crippen molar-refractivity contribution >= 4 is 17.3 Å². The van der Waals surface area contributed by atoms with Gasteiger partial charge in [0.1, 0.15) is 11.9 Å². The highest BCUT2D eigenvalue weighted by Gasteiger charge is 2.30. The van der Waals surface area contributed by atoms with Crippen LogP contribution in [0.4, 0.5) is 13.2 Å². The molecule has 2 unspecified atom stereocenters. The average Bonchev–Trinajstić information content (AvgIpc) is 2.72. The maximum atomic E-state index is 12.7. The van der Waals surface area contributed by atoms with Crippen LogP contribution < -0.4 is 5.73 Å². The van der Waals surface area contributed by atoms with Gasteiger partial charge in [0.2, 0.25) is 0 Å². The normalized spacial score (nSPS) is 19.2. The van der Waals surface area contributed by atoms with E-state index in [1.165, 1.54) is 6.92 Å². The predicted octanol–water partition coefficient (Wildman–Crippen LogP) is 5.98. The van der Waals surface area contributed by atoms with Gasteiger partial charge in [-0.2, -0.15) is 13.2 Å². The molecule has 3 N–H and O–H groups in total. The van der Waals surface area contributed by atoms with Gasteiger partial charge in [-0.25, -0.2) is 4.99 Å². The minimum absolute atomic E-state index is 0.220. The van der Waals surface area contributed by atoms with Gasteiger partial charge in [-0.3, -0.25) is 4.99 Å². The van der Waals surface area contributed by atoms with Crippen molar-refractivity contribution in [2.75, 3.05) is 13.1 Å². The first-order valence-electron chi connectivity index (χ1n) is 11.0. The minimum Gasteiger partial charge on any atom is -0.385 e. The first-order chi connectivity index (χ1) is 15.4. The lowest BCUT2D eigenvalue weighted by Gasteiger charge is -2.34. The fourth-order valence-corrected chi connectivity index (χ4v) is 3.33. The van der Waals surface area contributed by atoms with Crippen LogP contribution in [0.5, 0.6) is 0 Å². The SMILES string of the molecule is C=C(/C=C\C(=CC)CN=C(C)/C=C(\C)C(F)(F)F)C(=N)C1C(N)=NC=CN1CC(C)CCC. The molecule has 0 aromatic carbocycles. The Hall–Kier alpha value is -2.90. The number of halogens is 3. The third-order valence-electron chi connectivity index (χ3n) is 5.27. The van der Waals surface area contributed by atoms with E-state index in [9.17, 15) is 13.2 Å². The summed E-state index contributed by atoms with van der Waals surface area (Å²) in [6.45, 7) is 13.7. The lowest BCUT2D eigenvalue weighted by molar-refractivity contribution is -0.0912. The van der Waals surface area contributed by atoms with Crippen LogP contribution >= 0.6 is 0 Å². The van der Waals surface area contributed by atoms with Gasteiger partial charge in [0.15, 0.2) is 0 Å². The van der Waals surface area contributed by atoms with E-state index in [1.54, 1.807) is 18.4 Å². The monoisotopic (exact) mass is 463 g/mol. The van der Waals surface area contributed by atoms with E-state index in [4.69, 9.17) is 11.1 Å². The van der Waals surface area contributed by atoms with Crippen LogP contribution in [0.25, 0.3) is 0 Å². The van der Waals surface area contributed by atoms with Gasteiger partial charge in [0, 0.05) is 30.2 Å². The van der Waals surface area contributed by atoms with Gasteiger partial charge in [0.25, 0.3) is 0 Å². The van der Waals surface area contributed by atoms with E-state index < -0.39 is 17.8 Å². The summed E-state index contributed by atoms with van der Waals surface area (Å²) in [7, 11) is 0. The van der Waals surface area contributed by atoms with Crippen molar-refractivity contribution in [3.8, 4) is 0 Å². The van der Waals surface area contributed by atoms with E-state index in [0.717, 1.165) is 38.0 Å². The molecule has 0 amide bonds. The molecule has 0 radical (unpaired) electrons. The Bertz CT molecular complexity index is 888. The maximum Gasteiger partial charge on any atom is 0.412 e. The molecule has 1 aliphatic rings. The predicted molar refractivity (Wildman–Crippen MR) is 133 cm³/mol. The zero-order valence-electron chi connectivity index (χ0n) is 20.2. The molecular formula is C25H36F3N5. The largest absolute Gasteiger partial charge is 0.412 e. The van der Waals surface area contributed by atoms with Crippen molar-refractivity contribution < 1.29 is 13.2 Å². The number of nitrogens with two attached hydrogens (primary N) is 1. The molecule has 0 aromatic rings. The lowest BCUT2D eigenvalue weighted by atomic mass is 9.98. The van der Waals surface area contributed by atoms with Crippen molar-refractivity contribution in [2.24, 2.45) is 21.6 Å². The number of aliphatic imine (C=N–C) groups is 2. The molecule has 0 bridgehead atoms. The molecule has 8 heteroatoms. The smallest absolute Gasteiger partial charge is 0.385 e. The molecule has 0 saturated heterocycles. The second-order valence-electron chi connectivity index (χ2n) is 8.26. The van der Waals surface area contributed by atoms with E-state index in [1.807, 2.05) is 24.1 Å². The highest BCUT2D eigenvalue weighted by Crippen LogP contribution is 2.24. The molecule has 1 rings (SSSR count). The molecular weight excluding hydrogens is 427 g/mol. The lowest BCUT2D eigenvalue weighted by Crippen LogP contribution is -2.50. The van der Waals surface area contributed by atoms with E-state index in [2.05, 4.69) is 30.4 Å². The molecule has 0 spiro atoms. The molecule has 0 aliphatic carbocycles. The fourth-order valence-electron chi connectivity index (χ4n) is 3.33. The molecule has 0 aromatic heterocycles. The molecule has 0 fully saturated rings. The number of nitrogens with one attached hydrogen (secondary N) is 1.